The smallest absolute Gasteiger partial charge is 0.318 e. The zero-order chi connectivity index (χ0) is 29.7. The summed E-state index contributed by atoms with van der Waals surface area (Å²) in [5, 5.41) is 11.8. The SMILES string of the molecule is CCCCCCCC(C1=CCCCCCCCC1)C(C(=O)O)(C1=CCCCCCCCC1)C1=CCCCCCCCC1. The highest BCUT2D eigenvalue weighted by Crippen LogP contribution is 2.53. The molecule has 0 bridgehead atoms. The molecular formula is C40H68O2. The molecular weight excluding hydrogens is 512 g/mol. The van der Waals surface area contributed by atoms with E-state index in [4.69, 9.17) is 0 Å². The van der Waals surface area contributed by atoms with E-state index in [1.54, 1.807) is 0 Å². The number of aliphatic carboxylic acids is 1. The molecule has 0 saturated heterocycles. The number of hydrogen-bond acceptors (Lipinski definition) is 1. The van der Waals surface area contributed by atoms with Crippen molar-refractivity contribution < 1.29 is 9.90 Å². The molecule has 2 heteroatoms. The zero-order valence-electron chi connectivity index (χ0n) is 27.9. The Morgan fingerprint density at radius 1 is 0.595 bits per heavy atom. The molecule has 1 unspecified atom stereocenters. The Bertz CT molecular complexity index is 797. The van der Waals surface area contributed by atoms with E-state index in [1.165, 1.54) is 145 Å². The molecule has 0 aromatic rings. The number of carboxylic acid groups (broad SMARTS) is 1. The van der Waals surface area contributed by atoms with Crippen LogP contribution in [0.5, 0.6) is 0 Å². The van der Waals surface area contributed by atoms with Crippen LogP contribution in [0, 0.1) is 11.3 Å². The van der Waals surface area contributed by atoms with Gasteiger partial charge >= 0.3 is 5.97 Å². The van der Waals surface area contributed by atoms with Crippen molar-refractivity contribution in [1.29, 1.82) is 0 Å². The predicted molar refractivity (Wildman–Crippen MR) is 182 cm³/mol. The van der Waals surface area contributed by atoms with Gasteiger partial charge in [-0.2, -0.15) is 0 Å². The second-order valence-electron chi connectivity index (χ2n) is 14.1. The van der Waals surface area contributed by atoms with Crippen molar-refractivity contribution in [2.24, 2.45) is 11.3 Å². The van der Waals surface area contributed by atoms with Crippen LogP contribution in [0.3, 0.4) is 0 Å². The Balaban J connectivity index is 2.16. The topological polar surface area (TPSA) is 37.3 Å². The number of carboxylic acids is 1. The van der Waals surface area contributed by atoms with Gasteiger partial charge in [-0.05, 0) is 83.5 Å². The number of rotatable bonds is 11. The van der Waals surface area contributed by atoms with Crippen molar-refractivity contribution in [3.63, 3.8) is 0 Å². The monoisotopic (exact) mass is 581 g/mol. The third-order valence-electron chi connectivity index (χ3n) is 10.8. The third-order valence-corrected chi connectivity index (χ3v) is 10.8. The molecule has 0 aromatic heterocycles. The summed E-state index contributed by atoms with van der Waals surface area (Å²) in [5.74, 6) is -0.412. The fourth-order valence-corrected chi connectivity index (χ4v) is 8.40. The van der Waals surface area contributed by atoms with E-state index in [-0.39, 0.29) is 5.92 Å². The number of hydrogen-bond donors (Lipinski definition) is 1. The highest BCUT2D eigenvalue weighted by Gasteiger charge is 2.51. The van der Waals surface area contributed by atoms with E-state index in [9.17, 15) is 9.90 Å². The van der Waals surface area contributed by atoms with Crippen LogP contribution in [-0.4, -0.2) is 11.1 Å². The number of unbranched alkanes of at least 4 members (excludes halogenated alkanes) is 4. The van der Waals surface area contributed by atoms with Crippen molar-refractivity contribution >= 4 is 5.97 Å². The summed E-state index contributed by atoms with van der Waals surface area (Å²) in [4.78, 5) is 14.3. The van der Waals surface area contributed by atoms with E-state index >= 15 is 0 Å². The van der Waals surface area contributed by atoms with Crippen LogP contribution in [0.1, 0.15) is 200 Å². The molecule has 0 spiro atoms. The molecule has 0 amide bonds. The predicted octanol–water partition coefficient (Wildman–Crippen LogP) is 13.2. The fourth-order valence-electron chi connectivity index (χ4n) is 8.40. The first-order valence-electron chi connectivity index (χ1n) is 19.0. The summed E-state index contributed by atoms with van der Waals surface area (Å²) in [6.07, 6.45) is 44.0. The van der Waals surface area contributed by atoms with E-state index in [2.05, 4.69) is 25.2 Å². The second kappa shape index (κ2) is 21.4. The van der Waals surface area contributed by atoms with Crippen LogP contribution in [0.15, 0.2) is 34.9 Å². The van der Waals surface area contributed by atoms with Crippen LogP contribution < -0.4 is 0 Å². The Hall–Kier alpha value is -1.31. The first kappa shape index (κ1) is 35.2. The maximum atomic E-state index is 14.3. The van der Waals surface area contributed by atoms with Crippen molar-refractivity contribution in [2.45, 2.75) is 200 Å². The van der Waals surface area contributed by atoms with E-state index < -0.39 is 11.4 Å². The zero-order valence-corrected chi connectivity index (χ0v) is 27.9. The maximum absolute atomic E-state index is 14.3. The second-order valence-corrected chi connectivity index (χ2v) is 14.1. The molecule has 3 rings (SSSR count). The van der Waals surface area contributed by atoms with Gasteiger partial charge in [-0.25, -0.2) is 0 Å². The molecule has 2 nitrogen and oxygen atoms in total. The van der Waals surface area contributed by atoms with E-state index in [1.807, 2.05) is 0 Å². The van der Waals surface area contributed by atoms with E-state index in [0.717, 1.165) is 64.2 Å². The van der Waals surface area contributed by atoms with Gasteiger partial charge in [0.1, 0.15) is 5.41 Å². The lowest BCUT2D eigenvalue weighted by atomic mass is 9.58. The van der Waals surface area contributed by atoms with Crippen LogP contribution in [0.25, 0.3) is 0 Å². The van der Waals surface area contributed by atoms with Crippen LogP contribution in [0.2, 0.25) is 0 Å². The number of allylic oxidation sites excluding steroid dienone is 4. The summed E-state index contributed by atoms with van der Waals surface area (Å²) in [7, 11) is 0. The van der Waals surface area contributed by atoms with Crippen molar-refractivity contribution in [3.05, 3.63) is 34.9 Å². The molecule has 1 N–H and O–H groups in total. The molecule has 3 aliphatic carbocycles. The standard InChI is InChI=1S/C40H68O2/c1-2-3-4-14-27-34-38(35-28-21-15-8-5-9-16-22-29-35)40(39(41)42,36-30-23-17-10-6-11-18-24-31-36)37-32-25-19-12-7-13-20-26-33-37/h28,30,32,38H,2-27,29,31,33-34H2,1H3,(H,41,42). The fraction of sp³-hybridized carbons (Fsp3) is 0.825. The van der Waals surface area contributed by atoms with Crippen LogP contribution in [-0.2, 0) is 4.79 Å². The molecule has 0 aromatic carbocycles. The molecule has 0 aliphatic heterocycles. The summed E-state index contributed by atoms with van der Waals surface area (Å²) < 4.78 is 0. The van der Waals surface area contributed by atoms with Crippen LogP contribution >= 0.6 is 0 Å². The van der Waals surface area contributed by atoms with Gasteiger partial charge in [-0.3, -0.25) is 4.79 Å². The van der Waals surface area contributed by atoms with Gasteiger partial charge in [0.2, 0.25) is 0 Å². The van der Waals surface area contributed by atoms with Gasteiger partial charge in [0, 0.05) is 5.92 Å². The maximum Gasteiger partial charge on any atom is 0.318 e. The quantitative estimate of drug-likeness (QED) is 0.195. The van der Waals surface area contributed by atoms with Crippen molar-refractivity contribution in [2.75, 3.05) is 0 Å². The average molecular weight is 581 g/mol. The van der Waals surface area contributed by atoms with Gasteiger partial charge in [-0.1, -0.05) is 151 Å². The molecule has 0 heterocycles. The largest absolute Gasteiger partial charge is 0.480 e. The summed E-state index contributed by atoms with van der Waals surface area (Å²) >= 11 is 0. The Morgan fingerprint density at radius 2 is 1.02 bits per heavy atom. The van der Waals surface area contributed by atoms with E-state index in [0.29, 0.717) is 0 Å². The highest BCUT2D eigenvalue weighted by atomic mass is 16.4. The van der Waals surface area contributed by atoms with Crippen molar-refractivity contribution in [1.82, 2.24) is 0 Å². The minimum absolute atomic E-state index is 0.111. The molecule has 240 valence electrons. The lowest BCUT2D eigenvalue weighted by molar-refractivity contribution is -0.147. The lowest BCUT2D eigenvalue weighted by Crippen LogP contribution is -2.44. The molecule has 0 radical (unpaired) electrons. The Kier molecular flexibility index (Phi) is 17.9. The third kappa shape index (κ3) is 11.3. The summed E-state index contributed by atoms with van der Waals surface area (Å²) in [6, 6.07) is 0. The minimum Gasteiger partial charge on any atom is -0.480 e. The van der Waals surface area contributed by atoms with Crippen molar-refractivity contribution in [3.8, 4) is 0 Å². The van der Waals surface area contributed by atoms with Gasteiger partial charge in [0.15, 0.2) is 0 Å². The normalized spacial score (nSPS) is 23.3. The Morgan fingerprint density at radius 3 is 1.52 bits per heavy atom. The molecule has 3 aliphatic rings. The van der Waals surface area contributed by atoms with Gasteiger partial charge < -0.3 is 5.11 Å². The molecule has 0 saturated carbocycles. The molecule has 1 atom stereocenters. The number of carbonyl (C=O) groups is 1. The van der Waals surface area contributed by atoms with Gasteiger partial charge in [0.05, 0.1) is 0 Å². The highest BCUT2D eigenvalue weighted by molar-refractivity contribution is 5.84. The van der Waals surface area contributed by atoms with Crippen LogP contribution in [0.4, 0.5) is 0 Å². The summed E-state index contributed by atoms with van der Waals surface area (Å²) in [6.45, 7) is 2.29. The van der Waals surface area contributed by atoms with Gasteiger partial charge in [0.25, 0.3) is 0 Å². The first-order chi connectivity index (χ1) is 20.7. The van der Waals surface area contributed by atoms with Gasteiger partial charge in [-0.15, -0.1) is 0 Å². The lowest BCUT2D eigenvalue weighted by Gasteiger charge is -2.44. The first-order valence-corrected chi connectivity index (χ1v) is 19.0. The molecule has 42 heavy (non-hydrogen) atoms. The summed E-state index contributed by atoms with van der Waals surface area (Å²) in [5.41, 5.74) is 3.28. The molecule has 0 fully saturated rings. The minimum atomic E-state index is -0.848. The Labute approximate surface area is 261 Å². The average Bonchev–Trinajstić information content (AvgIpc) is 3.01.